The summed E-state index contributed by atoms with van der Waals surface area (Å²) in [6, 6.07) is 3.76. The first-order valence-corrected chi connectivity index (χ1v) is 6.87. The number of rotatable bonds is 5. The molecule has 2 rings (SSSR count). The normalized spacial score (nSPS) is 18.6. The fourth-order valence-electron chi connectivity index (χ4n) is 2.07. The number of nitrogens with zero attached hydrogens (tertiary/aromatic N) is 1. The molecule has 8 heteroatoms. The largest absolute Gasteiger partial charge is 0.419 e. The van der Waals surface area contributed by atoms with Crippen LogP contribution in [0.1, 0.15) is 4.88 Å². The number of thiophene rings is 1. The van der Waals surface area contributed by atoms with Gasteiger partial charge in [0.25, 0.3) is 0 Å². The molecule has 2 heterocycles. The van der Waals surface area contributed by atoms with Crippen LogP contribution in [-0.2, 0) is 16.1 Å². The molecule has 1 N–H and O–H groups in total. The lowest BCUT2D eigenvalue weighted by molar-refractivity contribution is -0.309. The van der Waals surface area contributed by atoms with Crippen molar-refractivity contribution in [1.82, 2.24) is 10.2 Å². The highest BCUT2D eigenvalue weighted by molar-refractivity contribution is 7.09. The number of alkyl halides is 3. The van der Waals surface area contributed by atoms with Crippen molar-refractivity contribution in [3.05, 3.63) is 22.4 Å². The molecule has 112 valence electrons. The summed E-state index contributed by atoms with van der Waals surface area (Å²) in [7, 11) is 1.04. The molecule has 0 bridgehead atoms. The molecule has 1 aromatic heterocycles. The highest BCUT2D eigenvalue weighted by Gasteiger charge is 2.62. The van der Waals surface area contributed by atoms with Crippen LogP contribution in [0.25, 0.3) is 0 Å². The molecular weight excluding hydrogens is 293 g/mol. The highest BCUT2D eigenvalue weighted by Crippen LogP contribution is 2.40. The van der Waals surface area contributed by atoms with E-state index in [2.05, 4.69) is 10.1 Å². The van der Waals surface area contributed by atoms with Crippen molar-refractivity contribution in [3.8, 4) is 0 Å². The first-order valence-electron chi connectivity index (χ1n) is 6.00. The SMILES string of the molecule is COC1(C(F)(F)F)CN(CC(=O)NCc2cccs2)C1. The number of hydrogen-bond acceptors (Lipinski definition) is 4. The average molecular weight is 308 g/mol. The van der Waals surface area contributed by atoms with Crippen LogP contribution in [0.15, 0.2) is 17.5 Å². The first kappa shape index (κ1) is 15.3. The van der Waals surface area contributed by atoms with Crippen LogP contribution in [0.4, 0.5) is 13.2 Å². The van der Waals surface area contributed by atoms with Crippen molar-refractivity contribution < 1.29 is 22.7 Å². The molecule has 0 aromatic carbocycles. The van der Waals surface area contributed by atoms with E-state index in [1.807, 2.05) is 17.5 Å². The van der Waals surface area contributed by atoms with Gasteiger partial charge in [0.1, 0.15) is 0 Å². The van der Waals surface area contributed by atoms with E-state index in [0.29, 0.717) is 6.54 Å². The Labute approximate surface area is 118 Å². The molecule has 4 nitrogen and oxygen atoms in total. The average Bonchev–Trinajstić information content (AvgIpc) is 2.82. The van der Waals surface area contributed by atoms with E-state index < -0.39 is 11.8 Å². The molecule has 0 atom stereocenters. The molecule has 0 spiro atoms. The summed E-state index contributed by atoms with van der Waals surface area (Å²) < 4.78 is 42.8. The molecule has 1 fully saturated rings. The van der Waals surface area contributed by atoms with E-state index in [0.717, 1.165) is 12.0 Å². The van der Waals surface area contributed by atoms with Crippen molar-refractivity contribution in [2.45, 2.75) is 18.3 Å². The number of nitrogens with one attached hydrogen (secondary N) is 1. The Morgan fingerprint density at radius 3 is 2.75 bits per heavy atom. The van der Waals surface area contributed by atoms with E-state index >= 15 is 0 Å². The summed E-state index contributed by atoms with van der Waals surface area (Å²) >= 11 is 1.51. The Balaban J connectivity index is 1.75. The molecule has 0 saturated carbocycles. The van der Waals surface area contributed by atoms with Crippen LogP contribution in [0, 0.1) is 0 Å². The van der Waals surface area contributed by atoms with Crippen LogP contribution in [-0.4, -0.2) is 49.3 Å². The van der Waals surface area contributed by atoms with Crippen molar-refractivity contribution in [2.75, 3.05) is 26.7 Å². The number of methoxy groups -OCH3 is 1. The van der Waals surface area contributed by atoms with Gasteiger partial charge in [0.2, 0.25) is 5.91 Å². The molecule has 1 aliphatic rings. The molecule has 0 radical (unpaired) electrons. The summed E-state index contributed by atoms with van der Waals surface area (Å²) in [5, 5.41) is 4.57. The first-order chi connectivity index (χ1) is 9.36. The van der Waals surface area contributed by atoms with E-state index in [4.69, 9.17) is 0 Å². The second-order valence-electron chi connectivity index (χ2n) is 4.70. The third-order valence-electron chi connectivity index (χ3n) is 3.27. The fourth-order valence-corrected chi connectivity index (χ4v) is 2.71. The van der Waals surface area contributed by atoms with Gasteiger partial charge in [-0.1, -0.05) is 6.07 Å². The van der Waals surface area contributed by atoms with Crippen molar-refractivity contribution >= 4 is 17.2 Å². The lowest BCUT2D eigenvalue weighted by atomic mass is 9.93. The predicted octanol–water partition coefficient (Wildman–Crippen LogP) is 1.63. The second-order valence-corrected chi connectivity index (χ2v) is 5.73. The van der Waals surface area contributed by atoms with Gasteiger partial charge in [-0.05, 0) is 11.4 Å². The topological polar surface area (TPSA) is 41.6 Å². The minimum Gasteiger partial charge on any atom is -0.366 e. The Morgan fingerprint density at radius 2 is 2.25 bits per heavy atom. The van der Waals surface area contributed by atoms with Gasteiger partial charge in [0.15, 0.2) is 5.60 Å². The minimum absolute atomic E-state index is 0.0490. The molecule has 1 amide bonds. The number of ether oxygens (including phenoxy) is 1. The standard InChI is InChI=1S/C12H15F3N2O2S/c1-19-11(12(13,14)15)7-17(8-11)6-10(18)16-5-9-3-2-4-20-9/h2-4H,5-8H2,1H3,(H,16,18). The molecule has 0 unspecified atom stereocenters. The smallest absolute Gasteiger partial charge is 0.366 e. The zero-order valence-corrected chi connectivity index (χ0v) is 11.7. The molecule has 1 aromatic rings. The van der Waals surface area contributed by atoms with Gasteiger partial charge in [-0.3, -0.25) is 9.69 Å². The van der Waals surface area contributed by atoms with E-state index in [1.54, 1.807) is 0 Å². The van der Waals surface area contributed by atoms with Crippen LogP contribution in [0.2, 0.25) is 0 Å². The van der Waals surface area contributed by atoms with Crippen LogP contribution < -0.4 is 5.32 Å². The van der Waals surface area contributed by atoms with Gasteiger partial charge in [-0.15, -0.1) is 11.3 Å². The second kappa shape index (κ2) is 5.71. The lowest BCUT2D eigenvalue weighted by Gasteiger charge is -2.49. The van der Waals surface area contributed by atoms with Gasteiger partial charge in [-0.25, -0.2) is 0 Å². The van der Waals surface area contributed by atoms with E-state index in [1.165, 1.54) is 16.2 Å². The number of amides is 1. The van der Waals surface area contributed by atoms with Crippen LogP contribution in [0.3, 0.4) is 0 Å². The highest BCUT2D eigenvalue weighted by atomic mass is 32.1. The minimum atomic E-state index is -4.41. The molecule has 1 aliphatic heterocycles. The van der Waals surface area contributed by atoms with Crippen molar-refractivity contribution in [1.29, 1.82) is 0 Å². The molecular formula is C12H15F3N2O2S. The Morgan fingerprint density at radius 1 is 1.55 bits per heavy atom. The number of likely N-dealkylation sites (tertiary alicyclic amines) is 1. The van der Waals surface area contributed by atoms with Crippen LogP contribution in [0.5, 0.6) is 0 Å². The lowest BCUT2D eigenvalue weighted by Crippen LogP contribution is -2.70. The number of hydrogen-bond donors (Lipinski definition) is 1. The Hall–Kier alpha value is -1.12. The van der Waals surface area contributed by atoms with Gasteiger partial charge in [-0.2, -0.15) is 13.2 Å². The molecule has 1 saturated heterocycles. The maximum absolute atomic E-state index is 12.8. The van der Waals surface area contributed by atoms with E-state index in [9.17, 15) is 18.0 Å². The monoisotopic (exact) mass is 308 g/mol. The quantitative estimate of drug-likeness (QED) is 0.899. The zero-order valence-electron chi connectivity index (χ0n) is 10.9. The van der Waals surface area contributed by atoms with Crippen LogP contribution >= 0.6 is 11.3 Å². The maximum Gasteiger partial charge on any atom is 0.419 e. The maximum atomic E-state index is 12.8. The van der Waals surface area contributed by atoms with Gasteiger partial charge in [0.05, 0.1) is 13.1 Å². The summed E-state index contributed by atoms with van der Waals surface area (Å²) in [6.07, 6.45) is -4.41. The van der Waals surface area contributed by atoms with Gasteiger partial charge >= 0.3 is 6.18 Å². The fraction of sp³-hybridized carbons (Fsp3) is 0.583. The Kier molecular flexibility index (Phi) is 4.36. The number of carbonyl (C=O) groups excluding carboxylic acids is 1. The Bertz CT molecular complexity index is 456. The van der Waals surface area contributed by atoms with E-state index in [-0.39, 0.29) is 25.5 Å². The van der Waals surface area contributed by atoms with Crippen molar-refractivity contribution in [2.24, 2.45) is 0 Å². The summed E-state index contributed by atoms with van der Waals surface area (Å²) in [6.45, 7) is -0.259. The van der Waals surface area contributed by atoms with Gasteiger partial charge < -0.3 is 10.1 Å². The summed E-state index contributed by atoms with van der Waals surface area (Å²) in [5.74, 6) is -0.287. The molecule has 20 heavy (non-hydrogen) atoms. The third-order valence-corrected chi connectivity index (χ3v) is 4.15. The summed E-state index contributed by atoms with van der Waals surface area (Å²) in [5.41, 5.74) is -2.12. The summed E-state index contributed by atoms with van der Waals surface area (Å²) in [4.78, 5) is 14.0. The molecule has 0 aliphatic carbocycles. The number of halogens is 3. The zero-order chi connectivity index (χ0) is 14.8. The predicted molar refractivity (Wildman–Crippen MR) is 68.4 cm³/mol. The number of carbonyl (C=O) groups is 1. The van der Waals surface area contributed by atoms with Gasteiger partial charge in [0, 0.05) is 25.1 Å². The third kappa shape index (κ3) is 3.13. The van der Waals surface area contributed by atoms with Crippen molar-refractivity contribution in [3.63, 3.8) is 0 Å².